The number of nitrogens with zero attached hydrogens (tertiary/aromatic N) is 5. The van der Waals surface area contributed by atoms with E-state index >= 15 is 0 Å². The number of piperidine rings is 1. The monoisotopic (exact) mass is 367 g/mol. The molecule has 0 aromatic carbocycles. The Morgan fingerprint density at radius 3 is 2.59 bits per heavy atom. The molecule has 4 heterocycles. The maximum Gasteiger partial charge on any atom is 0.244 e. The van der Waals surface area contributed by atoms with E-state index in [1.54, 1.807) is 6.20 Å². The summed E-state index contributed by atoms with van der Waals surface area (Å²) >= 11 is 0. The highest BCUT2D eigenvalue weighted by Crippen LogP contribution is 2.29. The van der Waals surface area contributed by atoms with E-state index in [2.05, 4.69) is 33.0 Å². The first-order valence-electron chi connectivity index (χ1n) is 10.1. The average molecular weight is 367 g/mol. The van der Waals surface area contributed by atoms with Gasteiger partial charge in [0.15, 0.2) is 0 Å². The van der Waals surface area contributed by atoms with Gasteiger partial charge >= 0.3 is 0 Å². The summed E-state index contributed by atoms with van der Waals surface area (Å²) in [5.74, 6) is 0.843. The van der Waals surface area contributed by atoms with Crippen molar-refractivity contribution >= 4 is 5.91 Å². The Hall–Kier alpha value is -2.21. The summed E-state index contributed by atoms with van der Waals surface area (Å²) in [7, 11) is 0. The normalized spacial score (nSPS) is 20.1. The quantitative estimate of drug-likeness (QED) is 0.815. The Balaban J connectivity index is 1.40. The van der Waals surface area contributed by atoms with Crippen LogP contribution in [0, 0.1) is 12.8 Å². The van der Waals surface area contributed by atoms with Gasteiger partial charge in [-0.3, -0.25) is 19.4 Å². The Bertz CT molecular complexity index is 745. The fourth-order valence-electron chi connectivity index (χ4n) is 4.39. The molecule has 0 radical (unpaired) electrons. The van der Waals surface area contributed by atoms with E-state index in [1.165, 1.54) is 18.4 Å². The number of hydrogen-bond donors (Lipinski definition) is 0. The molecule has 2 fully saturated rings. The van der Waals surface area contributed by atoms with Crippen LogP contribution in [0.3, 0.4) is 0 Å². The summed E-state index contributed by atoms with van der Waals surface area (Å²) in [4.78, 5) is 22.1. The van der Waals surface area contributed by atoms with Gasteiger partial charge in [-0.2, -0.15) is 5.10 Å². The zero-order chi connectivity index (χ0) is 18.6. The van der Waals surface area contributed by atoms with E-state index in [4.69, 9.17) is 0 Å². The van der Waals surface area contributed by atoms with Crippen molar-refractivity contribution in [1.29, 1.82) is 0 Å². The Kier molecular flexibility index (Phi) is 5.53. The lowest BCUT2D eigenvalue weighted by Gasteiger charge is -2.36. The van der Waals surface area contributed by atoms with Gasteiger partial charge in [-0.1, -0.05) is 6.07 Å². The van der Waals surface area contributed by atoms with E-state index in [0.717, 1.165) is 51.1 Å². The minimum absolute atomic E-state index is 0.175. The molecule has 0 bridgehead atoms. The number of amides is 1. The number of rotatable bonds is 5. The lowest BCUT2D eigenvalue weighted by atomic mass is 9.95. The molecule has 1 amide bonds. The van der Waals surface area contributed by atoms with Crippen molar-refractivity contribution in [2.75, 3.05) is 26.2 Å². The first-order valence-corrected chi connectivity index (χ1v) is 10.1. The molecule has 2 saturated heterocycles. The molecule has 0 N–H and O–H groups in total. The molecule has 4 rings (SSSR count). The number of aromatic nitrogens is 3. The standard InChI is InChI=1S/C21H29N5O/c1-17-13-23-26(15-17)16-18-6-11-25(12-7-18)21(27)20(24-9-2-3-10-24)19-5-4-8-22-14-19/h4-5,8,13-15,18,20H,2-3,6-7,9-12,16H2,1H3. The number of aryl methyl sites for hydroxylation is 1. The molecule has 2 aromatic rings. The SMILES string of the molecule is Cc1cnn(CC2CCN(C(=O)C(c3cccnc3)N3CCCC3)CC2)c1. The number of carbonyl (C=O) groups excluding carboxylic acids is 1. The fourth-order valence-corrected chi connectivity index (χ4v) is 4.39. The smallest absolute Gasteiger partial charge is 0.244 e. The second-order valence-corrected chi connectivity index (χ2v) is 7.94. The number of carbonyl (C=O) groups is 1. The van der Waals surface area contributed by atoms with Gasteiger partial charge in [0.05, 0.1) is 6.20 Å². The van der Waals surface area contributed by atoms with Crippen LogP contribution in [0.25, 0.3) is 0 Å². The predicted molar refractivity (Wildman–Crippen MR) is 104 cm³/mol. The van der Waals surface area contributed by atoms with Crippen molar-refractivity contribution in [2.45, 2.75) is 45.2 Å². The zero-order valence-electron chi connectivity index (χ0n) is 16.1. The van der Waals surface area contributed by atoms with Gasteiger partial charge in [-0.15, -0.1) is 0 Å². The third-order valence-electron chi connectivity index (χ3n) is 5.87. The third-order valence-corrected chi connectivity index (χ3v) is 5.87. The Morgan fingerprint density at radius 1 is 1.19 bits per heavy atom. The molecule has 0 spiro atoms. The summed E-state index contributed by atoms with van der Waals surface area (Å²) in [6, 6.07) is 3.80. The van der Waals surface area contributed by atoms with E-state index < -0.39 is 0 Å². The predicted octanol–water partition coefficient (Wildman–Crippen LogP) is 2.66. The third kappa shape index (κ3) is 4.21. The Morgan fingerprint density at radius 2 is 1.96 bits per heavy atom. The maximum absolute atomic E-state index is 13.4. The molecule has 6 heteroatoms. The van der Waals surface area contributed by atoms with E-state index in [9.17, 15) is 4.79 Å². The molecule has 1 atom stereocenters. The molecule has 1 unspecified atom stereocenters. The summed E-state index contributed by atoms with van der Waals surface area (Å²) in [5.41, 5.74) is 2.23. The lowest BCUT2D eigenvalue weighted by molar-refractivity contribution is -0.138. The topological polar surface area (TPSA) is 54.3 Å². The van der Waals surface area contributed by atoms with Gasteiger partial charge in [-0.05, 0) is 68.8 Å². The van der Waals surface area contributed by atoms with Crippen molar-refractivity contribution in [3.05, 3.63) is 48.0 Å². The van der Waals surface area contributed by atoms with Gasteiger partial charge in [0.2, 0.25) is 5.91 Å². The lowest BCUT2D eigenvalue weighted by Crippen LogP contribution is -2.46. The van der Waals surface area contributed by atoms with Gasteiger partial charge in [0, 0.05) is 38.2 Å². The highest BCUT2D eigenvalue weighted by atomic mass is 16.2. The maximum atomic E-state index is 13.4. The summed E-state index contributed by atoms with van der Waals surface area (Å²) in [6.07, 6.45) is 12.1. The van der Waals surface area contributed by atoms with Crippen LogP contribution in [-0.4, -0.2) is 56.7 Å². The second kappa shape index (κ2) is 8.21. The number of likely N-dealkylation sites (tertiary alicyclic amines) is 2. The molecule has 2 aliphatic rings. The van der Waals surface area contributed by atoms with Gasteiger partial charge < -0.3 is 4.90 Å². The summed E-state index contributed by atoms with van der Waals surface area (Å²) in [6.45, 7) is 6.71. The molecular weight excluding hydrogens is 338 g/mol. The summed E-state index contributed by atoms with van der Waals surface area (Å²) in [5, 5.41) is 4.41. The van der Waals surface area contributed by atoms with Crippen LogP contribution in [0.4, 0.5) is 0 Å². The molecular formula is C21H29N5O. The van der Waals surface area contributed by atoms with Crippen LogP contribution in [-0.2, 0) is 11.3 Å². The zero-order valence-corrected chi connectivity index (χ0v) is 16.1. The highest BCUT2D eigenvalue weighted by Gasteiger charge is 2.34. The van der Waals surface area contributed by atoms with Crippen molar-refractivity contribution < 1.29 is 4.79 Å². The van der Waals surface area contributed by atoms with Gasteiger partial charge in [0.1, 0.15) is 6.04 Å². The Labute approximate surface area is 161 Å². The van der Waals surface area contributed by atoms with Crippen molar-refractivity contribution in [3.63, 3.8) is 0 Å². The summed E-state index contributed by atoms with van der Waals surface area (Å²) < 4.78 is 2.04. The van der Waals surface area contributed by atoms with Gasteiger partial charge in [-0.25, -0.2) is 0 Å². The fraction of sp³-hybridized carbons (Fsp3) is 0.571. The van der Waals surface area contributed by atoms with Crippen LogP contribution in [0.15, 0.2) is 36.9 Å². The molecule has 0 saturated carbocycles. The van der Waals surface area contributed by atoms with Crippen LogP contribution in [0.2, 0.25) is 0 Å². The molecule has 0 aliphatic carbocycles. The van der Waals surface area contributed by atoms with Gasteiger partial charge in [0.25, 0.3) is 0 Å². The molecule has 6 nitrogen and oxygen atoms in total. The van der Waals surface area contributed by atoms with Crippen LogP contribution in [0.5, 0.6) is 0 Å². The first kappa shape index (κ1) is 18.2. The van der Waals surface area contributed by atoms with Crippen LogP contribution >= 0.6 is 0 Å². The molecule has 27 heavy (non-hydrogen) atoms. The molecule has 144 valence electrons. The van der Waals surface area contributed by atoms with E-state index in [0.29, 0.717) is 5.92 Å². The van der Waals surface area contributed by atoms with Crippen LogP contribution in [0.1, 0.15) is 42.9 Å². The average Bonchev–Trinajstić information content (AvgIpc) is 3.36. The van der Waals surface area contributed by atoms with E-state index in [-0.39, 0.29) is 11.9 Å². The van der Waals surface area contributed by atoms with E-state index in [1.807, 2.05) is 29.2 Å². The molecule has 2 aromatic heterocycles. The number of hydrogen-bond acceptors (Lipinski definition) is 4. The van der Waals surface area contributed by atoms with Crippen molar-refractivity contribution in [3.8, 4) is 0 Å². The second-order valence-electron chi connectivity index (χ2n) is 7.94. The highest BCUT2D eigenvalue weighted by molar-refractivity contribution is 5.83. The minimum Gasteiger partial charge on any atom is -0.341 e. The first-order chi connectivity index (χ1) is 13.2. The van der Waals surface area contributed by atoms with Crippen LogP contribution < -0.4 is 0 Å². The molecule has 2 aliphatic heterocycles. The van der Waals surface area contributed by atoms with Crippen molar-refractivity contribution in [2.24, 2.45) is 5.92 Å². The van der Waals surface area contributed by atoms with Crippen molar-refractivity contribution in [1.82, 2.24) is 24.6 Å². The largest absolute Gasteiger partial charge is 0.341 e. The minimum atomic E-state index is -0.175. The number of pyridine rings is 1.